The van der Waals surface area contributed by atoms with Crippen LogP contribution in [0.2, 0.25) is 0 Å². The van der Waals surface area contributed by atoms with Crippen molar-refractivity contribution in [2.75, 3.05) is 12.9 Å². The Bertz CT molecular complexity index is 95.9. The molecule has 0 bridgehead atoms. The third-order valence-corrected chi connectivity index (χ3v) is 0.793. The van der Waals surface area contributed by atoms with Gasteiger partial charge in [-0.25, -0.2) is 4.21 Å². The summed E-state index contributed by atoms with van der Waals surface area (Å²) in [6, 6.07) is 0. The normalized spacial score (nSPS) is 13.1. The first-order valence-corrected chi connectivity index (χ1v) is 3.28. The topological polar surface area (TPSA) is 66.4 Å². The van der Waals surface area contributed by atoms with Crippen molar-refractivity contribution in [3.8, 4) is 0 Å². The molecule has 0 radical (unpaired) electrons. The van der Waals surface area contributed by atoms with Crippen molar-refractivity contribution >= 4 is 17.0 Å². The van der Waals surface area contributed by atoms with Gasteiger partial charge in [-0.2, -0.15) is 0 Å². The van der Waals surface area contributed by atoms with E-state index >= 15 is 0 Å². The fraction of sp³-hybridized carbons (Fsp3) is 0.667. The minimum atomic E-state index is -1.51. The summed E-state index contributed by atoms with van der Waals surface area (Å²) in [6.45, 7) is -0.608. The third-order valence-electron chi connectivity index (χ3n) is 0.343. The number of carboxylic acid groups (broad SMARTS) is 1. The molecule has 0 aromatic heterocycles. The molecule has 0 saturated carbocycles. The molecule has 0 amide bonds. The van der Waals surface area contributed by atoms with Gasteiger partial charge in [0.15, 0.2) is 11.1 Å². The monoisotopic (exact) mass is 137 g/mol. The maximum absolute atomic E-state index is 9.95. The summed E-state index contributed by atoms with van der Waals surface area (Å²) in [5, 5.41) is 9.53. The maximum atomic E-state index is 9.95. The van der Waals surface area contributed by atoms with Crippen LogP contribution in [0.4, 0.5) is 0 Å². The average Bonchev–Trinajstić information content (AvgIpc) is 1.61. The predicted octanol–water partition coefficient (Wildman–Crippen LogP) is -1.95. The lowest BCUT2D eigenvalue weighted by atomic mass is 10.8. The summed E-state index contributed by atoms with van der Waals surface area (Å²) in [4.78, 5) is 9.53. The number of carbonyl (C=O) groups excluding carboxylic acids is 1. The van der Waals surface area contributed by atoms with Crippen molar-refractivity contribution in [2.24, 2.45) is 0 Å². The van der Waals surface area contributed by atoms with Crippen LogP contribution in [0.5, 0.6) is 0 Å². The number of carbonyl (C=O) groups is 1. The molecule has 1 atom stereocenters. The SMILES string of the molecule is CS(=O)OCC(=O)[O-]. The van der Waals surface area contributed by atoms with Gasteiger partial charge < -0.3 is 9.90 Å². The lowest BCUT2D eigenvalue weighted by Gasteiger charge is -1.97. The molecule has 0 heterocycles. The van der Waals surface area contributed by atoms with Crippen LogP contribution in [-0.2, 0) is 20.1 Å². The van der Waals surface area contributed by atoms with Crippen LogP contribution < -0.4 is 5.11 Å². The molecule has 48 valence electrons. The molecule has 0 rings (SSSR count). The fourth-order valence-corrected chi connectivity index (χ4v) is 0.393. The van der Waals surface area contributed by atoms with Crippen molar-refractivity contribution < 1.29 is 18.3 Å². The van der Waals surface area contributed by atoms with E-state index in [1.807, 2.05) is 0 Å². The van der Waals surface area contributed by atoms with E-state index in [2.05, 4.69) is 4.18 Å². The minimum absolute atomic E-state index is 0.608. The quantitative estimate of drug-likeness (QED) is 0.453. The second kappa shape index (κ2) is 3.57. The molecule has 5 heteroatoms. The molecule has 0 aromatic rings. The van der Waals surface area contributed by atoms with E-state index in [0.717, 1.165) is 0 Å². The number of hydrogen-bond acceptors (Lipinski definition) is 4. The molecule has 1 unspecified atom stereocenters. The van der Waals surface area contributed by atoms with Crippen LogP contribution in [0.25, 0.3) is 0 Å². The minimum Gasteiger partial charge on any atom is -0.548 e. The highest BCUT2D eigenvalue weighted by atomic mass is 32.2. The largest absolute Gasteiger partial charge is 0.548 e. The summed E-state index contributed by atoms with van der Waals surface area (Å²) in [5.74, 6) is -1.36. The van der Waals surface area contributed by atoms with Gasteiger partial charge in [0.05, 0.1) is 5.97 Å². The van der Waals surface area contributed by atoms with Crippen molar-refractivity contribution in [2.45, 2.75) is 0 Å². The fourth-order valence-electron chi connectivity index (χ4n) is 0.131. The Morgan fingerprint density at radius 2 is 2.38 bits per heavy atom. The Morgan fingerprint density at radius 3 is 2.50 bits per heavy atom. The van der Waals surface area contributed by atoms with E-state index in [9.17, 15) is 14.1 Å². The van der Waals surface area contributed by atoms with Gasteiger partial charge in [-0.3, -0.25) is 4.18 Å². The Balaban J connectivity index is 3.18. The molecular formula is C3H5O4S-. The highest BCUT2D eigenvalue weighted by Crippen LogP contribution is 1.75. The van der Waals surface area contributed by atoms with Gasteiger partial charge in [-0.1, -0.05) is 0 Å². The van der Waals surface area contributed by atoms with E-state index in [4.69, 9.17) is 0 Å². The van der Waals surface area contributed by atoms with Crippen LogP contribution in [0, 0.1) is 0 Å². The van der Waals surface area contributed by atoms with Crippen molar-refractivity contribution in [3.05, 3.63) is 0 Å². The predicted molar refractivity (Wildman–Crippen MR) is 25.0 cm³/mol. The number of rotatable bonds is 3. The van der Waals surface area contributed by atoms with Gasteiger partial charge >= 0.3 is 0 Å². The highest BCUT2D eigenvalue weighted by Gasteiger charge is 1.87. The van der Waals surface area contributed by atoms with E-state index < -0.39 is 23.7 Å². The zero-order valence-electron chi connectivity index (χ0n) is 4.25. The molecule has 0 aliphatic rings. The van der Waals surface area contributed by atoms with Crippen molar-refractivity contribution in [1.82, 2.24) is 0 Å². The Hall–Kier alpha value is -0.420. The molecule has 0 spiro atoms. The Morgan fingerprint density at radius 1 is 1.88 bits per heavy atom. The van der Waals surface area contributed by atoms with Crippen molar-refractivity contribution in [3.63, 3.8) is 0 Å². The summed E-state index contributed by atoms with van der Waals surface area (Å²) in [5.41, 5.74) is 0. The molecule has 4 nitrogen and oxygen atoms in total. The van der Waals surface area contributed by atoms with Crippen molar-refractivity contribution in [1.29, 1.82) is 0 Å². The lowest BCUT2D eigenvalue weighted by molar-refractivity contribution is -0.307. The average molecular weight is 137 g/mol. The van der Waals surface area contributed by atoms with Gasteiger partial charge in [0, 0.05) is 6.26 Å². The Labute approximate surface area is 49.1 Å². The van der Waals surface area contributed by atoms with E-state index in [-0.39, 0.29) is 0 Å². The first-order valence-electron chi connectivity index (χ1n) is 1.79. The van der Waals surface area contributed by atoms with Gasteiger partial charge in [0.2, 0.25) is 0 Å². The Kier molecular flexibility index (Phi) is 3.38. The second-order valence-corrected chi connectivity index (χ2v) is 2.07. The van der Waals surface area contributed by atoms with Gasteiger partial charge in [0.25, 0.3) is 0 Å². The maximum Gasteiger partial charge on any atom is 0.152 e. The third kappa shape index (κ3) is 5.58. The van der Waals surface area contributed by atoms with Gasteiger partial charge in [-0.05, 0) is 0 Å². The van der Waals surface area contributed by atoms with Crippen LogP contribution in [0.1, 0.15) is 0 Å². The molecule has 0 saturated heterocycles. The van der Waals surface area contributed by atoms with Crippen LogP contribution in [-0.4, -0.2) is 23.0 Å². The number of carboxylic acids is 1. The number of hydrogen-bond donors (Lipinski definition) is 0. The first-order chi connectivity index (χ1) is 3.63. The molecule has 0 N–H and O–H groups in total. The summed E-state index contributed by atoms with van der Waals surface area (Å²) in [7, 11) is 0. The molecule has 0 fully saturated rings. The molecule has 8 heavy (non-hydrogen) atoms. The second-order valence-electron chi connectivity index (χ2n) is 1.04. The van der Waals surface area contributed by atoms with Crippen LogP contribution in [0.3, 0.4) is 0 Å². The molecular weight excluding hydrogens is 132 g/mol. The number of aliphatic carboxylic acids is 1. The standard InChI is InChI=1S/C3H6O4S/c1-8(6)7-2-3(4)5/h2H2,1H3,(H,4,5)/p-1. The molecule has 0 aliphatic carbocycles. The van der Waals surface area contributed by atoms with Gasteiger partial charge in [-0.15, -0.1) is 0 Å². The highest BCUT2D eigenvalue weighted by molar-refractivity contribution is 7.79. The van der Waals surface area contributed by atoms with E-state index in [1.165, 1.54) is 6.26 Å². The van der Waals surface area contributed by atoms with E-state index in [1.54, 1.807) is 0 Å². The summed E-state index contributed by atoms with van der Waals surface area (Å²) < 4.78 is 14.1. The zero-order chi connectivity index (χ0) is 6.57. The lowest BCUT2D eigenvalue weighted by Crippen LogP contribution is -2.27. The zero-order valence-corrected chi connectivity index (χ0v) is 5.06. The summed E-state index contributed by atoms with van der Waals surface area (Å²) >= 11 is -1.51. The summed E-state index contributed by atoms with van der Waals surface area (Å²) in [6.07, 6.45) is 1.24. The molecule has 0 aliphatic heterocycles. The van der Waals surface area contributed by atoms with Gasteiger partial charge in [0.1, 0.15) is 6.61 Å². The van der Waals surface area contributed by atoms with Crippen LogP contribution in [0.15, 0.2) is 0 Å². The first kappa shape index (κ1) is 7.58. The van der Waals surface area contributed by atoms with E-state index in [0.29, 0.717) is 0 Å². The van der Waals surface area contributed by atoms with Crippen LogP contribution >= 0.6 is 0 Å². The molecule has 0 aromatic carbocycles. The smallest absolute Gasteiger partial charge is 0.152 e.